The van der Waals surface area contributed by atoms with E-state index in [2.05, 4.69) is 15.2 Å². The Balaban J connectivity index is 1.58. The van der Waals surface area contributed by atoms with Crippen molar-refractivity contribution in [1.29, 1.82) is 0 Å². The van der Waals surface area contributed by atoms with E-state index >= 15 is 0 Å². The number of pyridine rings is 1. The quantitative estimate of drug-likeness (QED) is 0.778. The number of aromatic amines is 1. The number of aromatic nitrogens is 1. The molecule has 6 heteroatoms. The third kappa shape index (κ3) is 2.83. The highest BCUT2D eigenvalue weighted by Crippen LogP contribution is 2.25. The molecule has 0 bridgehead atoms. The molecule has 2 fully saturated rings. The number of piperidine rings is 1. The van der Waals surface area contributed by atoms with Crippen molar-refractivity contribution >= 4 is 16.8 Å². The zero-order valence-electron chi connectivity index (χ0n) is 13.5. The Morgan fingerprint density at radius 1 is 1.29 bits per heavy atom. The van der Waals surface area contributed by atoms with E-state index in [0.29, 0.717) is 17.0 Å². The Bertz CT molecular complexity index is 831. The van der Waals surface area contributed by atoms with Gasteiger partial charge in [-0.25, -0.2) is 0 Å². The lowest BCUT2D eigenvalue weighted by Gasteiger charge is -2.24. The molecule has 4 N–H and O–H groups in total. The van der Waals surface area contributed by atoms with E-state index in [0.717, 1.165) is 43.3 Å². The van der Waals surface area contributed by atoms with E-state index in [-0.39, 0.29) is 5.43 Å². The van der Waals surface area contributed by atoms with Gasteiger partial charge in [-0.1, -0.05) is 0 Å². The monoisotopic (exact) mass is 326 g/mol. The lowest BCUT2D eigenvalue weighted by molar-refractivity contribution is 0.100. The molecule has 24 heavy (non-hydrogen) atoms. The van der Waals surface area contributed by atoms with Crippen molar-refractivity contribution in [2.75, 3.05) is 19.6 Å². The van der Waals surface area contributed by atoms with Crippen molar-refractivity contribution in [1.82, 2.24) is 15.2 Å². The zero-order valence-corrected chi connectivity index (χ0v) is 13.5. The molecule has 2 aliphatic heterocycles. The molecular weight excluding hydrogens is 304 g/mol. The summed E-state index contributed by atoms with van der Waals surface area (Å²) < 4.78 is 0. The Morgan fingerprint density at radius 2 is 2.17 bits per heavy atom. The van der Waals surface area contributed by atoms with E-state index in [1.165, 1.54) is 12.8 Å². The topological polar surface area (TPSA) is 91.2 Å². The second-order valence-corrected chi connectivity index (χ2v) is 6.94. The molecule has 2 saturated heterocycles. The number of fused-ring (bicyclic) bond motifs is 2. The largest absolute Gasteiger partial charge is 0.366 e. The first-order valence-electron chi connectivity index (χ1n) is 8.51. The third-order valence-electron chi connectivity index (χ3n) is 5.24. The summed E-state index contributed by atoms with van der Waals surface area (Å²) in [7, 11) is 0. The maximum atomic E-state index is 12.4. The summed E-state index contributed by atoms with van der Waals surface area (Å²) in [5.74, 6) is 0.205. The molecule has 2 aliphatic rings. The number of benzene rings is 1. The zero-order chi connectivity index (χ0) is 16.7. The van der Waals surface area contributed by atoms with Gasteiger partial charge in [0.05, 0.1) is 0 Å². The average molecular weight is 326 g/mol. The number of carbonyl (C=O) groups excluding carboxylic acids is 1. The van der Waals surface area contributed by atoms with Crippen molar-refractivity contribution in [3.63, 3.8) is 0 Å². The van der Waals surface area contributed by atoms with Gasteiger partial charge >= 0.3 is 0 Å². The first kappa shape index (κ1) is 15.4. The Labute approximate surface area is 140 Å². The Morgan fingerprint density at radius 3 is 2.96 bits per heavy atom. The van der Waals surface area contributed by atoms with E-state index in [9.17, 15) is 9.59 Å². The second kappa shape index (κ2) is 6.03. The summed E-state index contributed by atoms with van der Waals surface area (Å²) in [6.07, 6.45) is 2.54. The maximum absolute atomic E-state index is 12.4. The molecule has 4 rings (SSSR count). The highest BCUT2D eigenvalue weighted by Gasteiger charge is 2.34. The summed E-state index contributed by atoms with van der Waals surface area (Å²) >= 11 is 0. The highest BCUT2D eigenvalue weighted by molar-refractivity contribution is 5.96. The van der Waals surface area contributed by atoms with Crippen LogP contribution in [0.1, 0.15) is 28.9 Å². The van der Waals surface area contributed by atoms with Crippen LogP contribution < -0.4 is 16.5 Å². The fraction of sp³-hybridized carbons (Fsp3) is 0.444. The molecule has 1 aromatic carbocycles. The molecule has 0 aliphatic carbocycles. The minimum atomic E-state index is -0.521. The number of likely N-dealkylation sites (tertiary alicyclic amines) is 1. The van der Waals surface area contributed by atoms with Crippen molar-refractivity contribution in [2.45, 2.75) is 25.4 Å². The first-order chi connectivity index (χ1) is 11.6. The smallest absolute Gasteiger partial charge is 0.248 e. The number of nitrogens with two attached hydrogens (primary N) is 1. The highest BCUT2D eigenvalue weighted by atomic mass is 16.1. The van der Waals surface area contributed by atoms with Crippen LogP contribution in [0.5, 0.6) is 0 Å². The van der Waals surface area contributed by atoms with Crippen LogP contribution in [-0.2, 0) is 6.54 Å². The molecule has 0 saturated carbocycles. The van der Waals surface area contributed by atoms with Crippen LogP contribution in [0.4, 0.5) is 0 Å². The van der Waals surface area contributed by atoms with Crippen LogP contribution in [0, 0.1) is 5.92 Å². The van der Waals surface area contributed by atoms with Gasteiger partial charge in [-0.15, -0.1) is 0 Å². The van der Waals surface area contributed by atoms with E-state index in [4.69, 9.17) is 5.73 Å². The number of nitrogens with zero attached hydrogens (tertiary/aromatic N) is 1. The van der Waals surface area contributed by atoms with Gasteiger partial charge in [0.15, 0.2) is 5.43 Å². The molecular formula is C18H22N4O2. The number of H-pyrrole nitrogens is 1. The lowest BCUT2D eigenvalue weighted by Crippen LogP contribution is -2.40. The standard InChI is InChI=1S/C18H22N4O2/c19-18(24)11-3-4-15-14(6-11)17(23)7-13(21-15)9-22-8-12-2-1-5-20-16(12)10-22/h3-4,6-7,12,16,20H,1-2,5,8-10H2,(H2,19,24)(H,21,23)/t12-,16+/m1/s1. The second-order valence-electron chi connectivity index (χ2n) is 6.94. The van der Waals surface area contributed by atoms with Gasteiger partial charge < -0.3 is 16.0 Å². The van der Waals surface area contributed by atoms with Crippen molar-refractivity contribution in [3.8, 4) is 0 Å². The molecule has 1 aromatic heterocycles. The van der Waals surface area contributed by atoms with Crippen LogP contribution >= 0.6 is 0 Å². The molecule has 1 amide bonds. The predicted molar refractivity (Wildman–Crippen MR) is 92.9 cm³/mol. The van der Waals surface area contributed by atoms with Crippen LogP contribution in [0.3, 0.4) is 0 Å². The molecule has 0 unspecified atom stereocenters. The number of amides is 1. The average Bonchev–Trinajstić information content (AvgIpc) is 2.96. The minimum Gasteiger partial charge on any atom is -0.366 e. The number of hydrogen-bond acceptors (Lipinski definition) is 4. The normalized spacial score (nSPS) is 24.2. The summed E-state index contributed by atoms with van der Waals surface area (Å²) in [5, 5.41) is 4.10. The fourth-order valence-corrected chi connectivity index (χ4v) is 4.05. The summed E-state index contributed by atoms with van der Waals surface area (Å²) in [6, 6.07) is 7.20. The van der Waals surface area contributed by atoms with Gasteiger partial charge in [0, 0.05) is 53.9 Å². The van der Waals surface area contributed by atoms with Gasteiger partial charge in [0.25, 0.3) is 0 Å². The number of nitrogens with one attached hydrogen (secondary N) is 2. The van der Waals surface area contributed by atoms with E-state index < -0.39 is 5.91 Å². The predicted octanol–water partition coefficient (Wildman–Crippen LogP) is 0.811. The molecule has 126 valence electrons. The van der Waals surface area contributed by atoms with Gasteiger partial charge in [0.2, 0.25) is 5.91 Å². The molecule has 2 atom stereocenters. The maximum Gasteiger partial charge on any atom is 0.248 e. The Hall–Kier alpha value is -2.18. The molecule has 6 nitrogen and oxygen atoms in total. The van der Waals surface area contributed by atoms with Crippen LogP contribution in [0.25, 0.3) is 10.9 Å². The van der Waals surface area contributed by atoms with Crippen LogP contribution in [0.15, 0.2) is 29.1 Å². The summed E-state index contributed by atoms with van der Waals surface area (Å²) in [5.41, 5.74) is 7.23. The number of primary amides is 1. The number of hydrogen-bond donors (Lipinski definition) is 3. The SMILES string of the molecule is NC(=O)c1ccc2[nH]c(CN3C[C@H]4CCCN[C@H]4C3)cc(=O)c2c1. The fourth-order valence-electron chi connectivity index (χ4n) is 4.05. The van der Waals surface area contributed by atoms with Gasteiger partial charge in [-0.2, -0.15) is 0 Å². The lowest BCUT2D eigenvalue weighted by atomic mass is 9.94. The van der Waals surface area contributed by atoms with Gasteiger partial charge in [0.1, 0.15) is 0 Å². The van der Waals surface area contributed by atoms with Gasteiger partial charge in [-0.3, -0.25) is 14.5 Å². The van der Waals surface area contributed by atoms with Crippen molar-refractivity contribution in [3.05, 3.63) is 45.7 Å². The summed E-state index contributed by atoms with van der Waals surface area (Å²) in [4.78, 5) is 29.4. The molecule has 0 radical (unpaired) electrons. The van der Waals surface area contributed by atoms with Gasteiger partial charge in [-0.05, 0) is 43.5 Å². The minimum absolute atomic E-state index is 0.0726. The first-order valence-corrected chi connectivity index (χ1v) is 8.51. The van der Waals surface area contributed by atoms with Crippen LogP contribution in [-0.4, -0.2) is 41.5 Å². The molecule has 0 spiro atoms. The third-order valence-corrected chi connectivity index (χ3v) is 5.24. The van der Waals surface area contributed by atoms with Crippen molar-refractivity contribution in [2.24, 2.45) is 11.7 Å². The molecule has 2 aromatic rings. The number of carbonyl (C=O) groups is 1. The summed E-state index contributed by atoms with van der Waals surface area (Å²) in [6.45, 7) is 3.98. The van der Waals surface area contributed by atoms with E-state index in [1.807, 2.05) is 0 Å². The van der Waals surface area contributed by atoms with Crippen LogP contribution in [0.2, 0.25) is 0 Å². The Kier molecular flexibility index (Phi) is 3.86. The molecule has 3 heterocycles. The number of rotatable bonds is 3. The van der Waals surface area contributed by atoms with E-state index in [1.54, 1.807) is 24.3 Å². The van der Waals surface area contributed by atoms with Crippen molar-refractivity contribution < 1.29 is 4.79 Å².